The summed E-state index contributed by atoms with van der Waals surface area (Å²) in [4.78, 5) is 14.4. The van der Waals surface area contributed by atoms with Gasteiger partial charge in [0.2, 0.25) is 0 Å². The van der Waals surface area contributed by atoms with Crippen molar-refractivity contribution < 1.29 is 18.3 Å². The van der Waals surface area contributed by atoms with Crippen LogP contribution in [0.1, 0.15) is 24.3 Å². The van der Waals surface area contributed by atoms with E-state index in [0.717, 1.165) is 17.1 Å². The molecule has 1 heterocycles. The summed E-state index contributed by atoms with van der Waals surface area (Å²) in [5.41, 5.74) is 0.784. The Hall–Kier alpha value is -0.640. The molecule has 1 rings (SSSR count). The molecule has 0 aliphatic rings. The number of nitrogens with zero attached hydrogens (tertiary/aromatic N) is 1. The minimum absolute atomic E-state index is 0.247. The molecule has 6 nitrogen and oxygen atoms in total. The first kappa shape index (κ1) is 15.4. The second kappa shape index (κ2) is 6.50. The van der Waals surface area contributed by atoms with Crippen molar-refractivity contribution >= 4 is 39.1 Å². The largest absolute Gasteiger partial charge is 0.476 e. The van der Waals surface area contributed by atoms with Crippen molar-refractivity contribution in [1.29, 1.82) is 0 Å². The van der Waals surface area contributed by atoms with E-state index >= 15 is 0 Å². The van der Waals surface area contributed by atoms with E-state index in [0.29, 0.717) is 5.75 Å². The first-order valence-electron chi connectivity index (χ1n) is 5.15. The highest BCUT2D eigenvalue weighted by atomic mass is 32.2. The molecule has 1 unspecified atom stereocenters. The summed E-state index contributed by atoms with van der Waals surface area (Å²) in [5.74, 6) is 0.191. The number of rotatable bonds is 7. The highest BCUT2D eigenvalue weighted by molar-refractivity contribution is 7.99. The average Bonchev–Trinajstić information content (AvgIpc) is 2.75. The van der Waals surface area contributed by atoms with Crippen molar-refractivity contribution in [3.63, 3.8) is 0 Å². The summed E-state index contributed by atoms with van der Waals surface area (Å²) < 4.78 is 26.2. The van der Waals surface area contributed by atoms with Gasteiger partial charge in [-0.15, -0.1) is 11.3 Å². The molecular weight excluding hydrogens is 296 g/mol. The van der Waals surface area contributed by atoms with Crippen LogP contribution in [-0.4, -0.2) is 42.0 Å². The van der Waals surface area contributed by atoms with Gasteiger partial charge in [-0.3, -0.25) is 0 Å². The van der Waals surface area contributed by atoms with E-state index in [1.54, 1.807) is 18.7 Å². The number of thiazole rings is 1. The van der Waals surface area contributed by atoms with Crippen LogP contribution in [0.15, 0.2) is 9.72 Å². The Labute approximate surface area is 114 Å². The van der Waals surface area contributed by atoms with Crippen LogP contribution >= 0.6 is 23.1 Å². The van der Waals surface area contributed by atoms with Crippen LogP contribution in [0.5, 0.6) is 0 Å². The van der Waals surface area contributed by atoms with E-state index in [9.17, 15) is 13.2 Å². The summed E-state index contributed by atoms with van der Waals surface area (Å²) in [5, 5.41) is 8.84. The zero-order chi connectivity index (χ0) is 13.8. The monoisotopic (exact) mass is 310 g/mol. The molecule has 0 aromatic carbocycles. The van der Waals surface area contributed by atoms with Crippen molar-refractivity contribution in [2.45, 2.75) is 24.1 Å². The van der Waals surface area contributed by atoms with Gasteiger partial charge in [-0.1, -0.05) is 6.92 Å². The molecule has 1 aromatic heterocycles. The fraction of sp³-hybridized carbons (Fsp3) is 0.556. The van der Waals surface area contributed by atoms with Gasteiger partial charge >= 0.3 is 5.97 Å². The molecule has 0 amide bonds. The number of nitrogens with one attached hydrogen (secondary N) is 1. The number of carboxylic acid groups (broad SMARTS) is 1. The fourth-order valence-corrected chi connectivity index (χ4v) is 4.39. The van der Waals surface area contributed by atoms with Crippen LogP contribution in [0.25, 0.3) is 0 Å². The Bertz CT molecular complexity index is 512. The van der Waals surface area contributed by atoms with Crippen molar-refractivity contribution in [1.82, 2.24) is 9.71 Å². The number of hydrogen-bond donors (Lipinski definition) is 2. The normalized spacial score (nSPS) is 13.4. The van der Waals surface area contributed by atoms with E-state index in [1.807, 2.05) is 6.92 Å². The molecule has 0 saturated carbocycles. The van der Waals surface area contributed by atoms with Crippen molar-refractivity contribution in [3.05, 3.63) is 11.2 Å². The summed E-state index contributed by atoms with van der Waals surface area (Å²) in [6.07, 6.45) is 0. The molecule has 0 aliphatic carbocycles. The molecule has 9 heteroatoms. The lowest BCUT2D eigenvalue weighted by atomic mass is 10.4. The SMILES string of the molecule is CCSCC(C)NS(=O)(=O)c1scnc1C(=O)O. The number of carbonyl (C=O) groups is 1. The van der Waals surface area contributed by atoms with Crippen LogP contribution in [0.4, 0.5) is 0 Å². The number of aromatic nitrogens is 1. The van der Waals surface area contributed by atoms with E-state index in [2.05, 4.69) is 9.71 Å². The Morgan fingerprint density at radius 2 is 2.33 bits per heavy atom. The summed E-state index contributed by atoms with van der Waals surface area (Å²) in [6, 6.07) is -0.260. The van der Waals surface area contributed by atoms with Gasteiger partial charge in [0.25, 0.3) is 10.0 Å². The molecule has 0 aliphatic heterocycles. The third-order valence-corrected chi connectivity index (χ3v) is 6.01. The topological polar surface area (TPSA) is 96.4 Å². The lowest BCUT2D eigenvalue weighted by Crippen LogP contribution is -2.34. The van der Waals surface area contributed by atoms with Crippen LogP contribution in [0, 0.1) is 0 Å². The summed E-state index contributed by atoms with van der Waals surface area (Å²) in [6.45, 7) is 3.72. The number of sulfonamides is 1. The Morgan fingerprint density at radius 1 is 1.67 bits per heavy atom. The smallest absolute Gasteiger partial charge is 0.356 e. The Balaban J connectivity index is 2.86. The molecule has 2 N–H and O–H groups in total. The Kier molecular flexibility index (Phi) is 5.57. The molecule has 0 spiro atoms. The van der Waals surface area contributed by atoms with E-state index < -0.39 is 21.7 Å². The zero-order valence-corrected chi connectivity index (χ0v) is 12.4. The van der Waals surface area contributed by atoms with Gasteiger partial charge in [-0.05, 0) is 12.7 Å². The predicted octanol–water partition coefficient (Wildman–Crippen LogP) is 1.26. The average molecular weight is 310 g/mol. The second-order valence-corrected chi connectivity index (χ2v) is 7.56. The van der Waals surface area contributed by atoms with Gasteiger partial charge in [-0.25, -0.2) is 22.9 Å². The Morgan fingerprint density at radius 3 is 2.89 bits per heavy atom. The molecular formula is C9H14N2O4S3. The standard InChI is InChI=1S/C9H14N2O4S3/c1-3-16-4-6(2)11-18(14,15)9-7(8(12)13)10-5-17-9/h5-6,11H,3-4H2,1-2H3,(H,12,13). The number of hydrogen-bond acceptors (Lipinski definition) is 6. The highest BCUT2D eigenvalue weighted by Crippen LogP contribution is 2.20. The second-order valence-electron chi connectivity index (χ2n) is 3.48. The third kappa shape index (κ3) is 3.94. The lowest BCUT2D eigenvalue weighted by molar-refractivity contribution is 0.0687. The molecule has 1 aromatic rings. The first-order valence-corrected chi connectivity index (χ1v) is 8.67. The van der Waals surface area contributed by atoms with Gasteiger partial charge < -0.3 is 5.11 Å². The van der Waals surface area contributed by atoms with Crippen molar-refractivity contribution in [3.8, 4) is 0 Å². The van der Waals surface area contributed by atoms with Gasteiger partial charge in [0.1, 0.15) is 0 Å². The summed E-state index contributed by atoms with van der Waals surface area (Å²) >= 11 is 2.41. The number of carboxylic acids is 1. The maximum absolute atomic E-state index is 12.0. The highest BCUT2D eigenvalue weighted by Gasteiger charge is 2.26. The summed E-state index contributed by atoms with van der Waals surface area (Å²) in [7, 11) is -3.81. The number of aromatic carboxylic acids is 1. The van der Waals surface area contributed by atoms with Crippen LogP contribution < -0.4 is 4.72 Å². The minimum atomic E-state index is -3.81. The molecule has 1 atom stereocenters. The van der Waals surface area contributed by atoms with E-state index in [-0.39, 0.29) is 10.3 Å². The van der Waals surface area contributed by atoms with Crippen LogP contribution in [0.3, 0.4) is 0 Å². The minimum Gasteiger partial charge on any atom is -0.476 e. The van der Waals surface area contributed by atoms with Crippen LogP contribution in [-0.2, 0) is 10.0 Å². The molecule has 0 radical (unpaired) electrons. The van der Waals surface area contributed by atoms with Gasteiger partial charge in [-0.2, -0.15) is 11.8 Å². The quantitative estimate of drug-likeness (QED) is 0.787. The third-order valence-electron chi connectivity index (χ3n) is 1.91. The molecule has 18 heavy (non-hydrogen) atoms. The predicted molar refractivity (Wildman–Crippen MR) is 71.9 cm³/mol. The van der Waals surface area contributed by atoms with Gasteiger partial charge in [0.15, 0.2) is 9.90 Å². The molecule has 0 bridgehead atoms. The zero-order valence-electron chi connectivity index (χ0n) is 9.91. The maximum atomic E-state index is 12.0. The van der Waals surface area contributed by atoms with E-state index in [4.69, 9.17) is 5.11 Å². The number of thioether (sulfide) groups is 1. The molecule has 0 saturated heterocycles. The lowest BCUT2D eigenvalue weighted by Gasteiger charge is -2.12. The van der Waals surface area contributed by atoms with Crippen LogP contribution in [0.2, 0.25) is 0 Å². The fourth-order valence-electron chi connectivity index (χ4n) is 1.22. The molecule has 0 fully saturated rings. The van der Waals surface area contributed by atoms with Crippen molar-refractivity contribution in [2.75, 3.05) is 11.5 Å². The van der Waals surface area contributed by atoms with E-state index in [1.165, 1.54) is 5.51 Å². The van der Waals surface area contributed by atoms with Gasteiger partial charge in [0, 0.05) is 11.8 Å². The van der Waals surface area contributed by atoms with Crippen molar-refractivity contribution in [2.24, 2.45) is 0 Å². The maximum Gasteiger partial charge on any atom is 0.356 e. The van der Waals surface area contributed by atoms with Gasteiger partial charge in [0.05, 0.1) is 5.51 Å². The molecule has 102 valence electrons. The first-order chi connectivity index (χ1) is 8.38.